The third-order valence-electron chi connectivity index (χ3n) is 5.37. The molecule has 4 aliphatic rings. The van der Waals surface area contributed by atoms with Gasteiger partial charge in [-0.2, -0.15) is 0 Å². The summed E-state index contributed by atoms with van der Waals surface area (Å²) in [6.07, 6.45) is 9.56. The molecule has 2 heteroatoms. The van der Waals surface area contributed by atoms with Crippen LogP contribution in [0.5, 0.6) is 0 Å². The van der Waals surface area contributed by atoms with Gasteiger partial charge in [-0.15, -0.1) is 0 Å². The Balaban J connectivity index is 1.59. The maximum Gasteiger partial charge on any atom is 0.338 e. The summed E-state index contributed by atoms with van der Waals surface area (Å²) in [6, 6.07) is 0. The quantitative estimate of drug-likeness (QED) is 0.322. The minimum absolute atomic E-state index is 0.260. The van der Waals surface area contributed by atoms with Crippen molar-refractivity contribution in [3.63, 3.8) is 0 Å². The third kappa shape index (κ3) is 1.21. The molecule has 0 heterocycles. The lowest BCUT2D eigenvalue weighted by molar-refractivity contribution is -0.136. The monoisotopic (exact) mass is 242 g/mol. The van der Waals surface area contributed by atoms with E-state index in [4.69, 9.17) is 4.74 Å². The molecule has 4 rings (SSSR count). The number of fused-ring (bicyclic) bond motifs is 9. The van der Waals surface area contributed by atoms with Gasteiger partial charge in [0.15, 0.2) is 0 Å². The van der Waals surface area contributed by atoms with Crippen LogP contribution in [0.4, 0.5) is 0 Å². The normalized spacial score (nSPS) is 46.2. The van der Waals surface area contributed by atoms with E-state index in [0.717, 1.165) is 29.4 Å². The molecule has 4 bridgehead atoms. The zero-order valence-electron chi connectivity index (χ0n) is 10.6. The van der Waals surface area contributed by atoms with Crippen molar-refractivity contribution in [2.45, 2.75) is 19.8 Å². The summed E-state index contributed by atoms with van der Waals surface area (Å²) in [7, 11) is 0. The summed E-state index contributed by atoms with van der Waals surface area (Å²) < 4.78 is 5.52. The van der Waals surface area contributed by atoms with Crippen molar-refractivity contribution in [3.8, 4) is 0 Å². The lowest BCUT2D eigenvalue weighted by Gasteiger charge is -2.31. The number of hydrogen-bond acceptors (Lipinski definition) is 2. The summed E-state index contributed by atoms with van der Waals surface area (Å²) in [5.41, 5.74) is 0.489. The van der Waals surface area contributed by atoms with Crippen molar-refractivity contribution >= 4 is 5.97 Å². The first kappa shape index (κ1) is 10.6. The number of esters is 1. The topological polar surface area (TPSA) is 26.3 Å². The van der Waals surface area contributed by atoms with Crippen LogP contribution in [0.15, 0.2) is 36.1 Å². The van der Waals surface area contributed by atoms with Gasteiger partial charge < -0.3 is 4.74 Å². The van der Waals surface area contributed by atoms with Gasteiger partial charge in [0.05, 0.1) is 0 Å². The van der Waals surface area contributed by atoms with Crippen LogP contribution in [-0.4, -0.2) is 5.97 Å². The molecule has 0 saturated heterocycles. The molecule has 0 N–H and O–H groups in total. The Bertz CT molecular complexity index is 499. The Morgan fingerprint density at radius 1 is 1.22 bits per heavy atom. The molecule has 0 aromatic heterocycles. The largest absolute Gasteiger partial charge is 0.428 e. The number of carbonyl (C=O) groups excluding carboxylic acids is 1. The van der Waals surface area contributed by atoms with Gasteiger partial charge in [-0.1, -0.05) is 18.7 Å². The van der Waals surface area contributed by atoms with E-state index < -0.39 is 0 Å². The number of rotatable bonds is 2. The van der Waals surface area contributed by atoms with Crippen molar-refractivity contribution in [3.05, 3.63) is 36.1 Å². The standard InChI is InChI=1S/C16H18O2/c1-8(2)16(17)18-13-7-11-6-12(13)15-10-4-3-9(5-10)14(11)15/h3-4,7,9-12,14-15H,1,5-6H2,2H3. The van der Waals surface area contributed by atoms with Gasteiger partial charge in [-0.25, -0.2) is 4.79 Å². The van der Waals surface area contributed by atoms with E-state index in [1.54, 1.807) is 6.92 Å². The van der Waals surface area contributed by atoms with E-state index in [1.165, 1.54) is 12.8 Å². The zero-order chi connectivity index (χ0) is 12.4. The van der Waals surface area contributed by atoms with Gasteiger partial charge in [0.25, 0.3) is 0 Å². The van der Waals surface area contributed by atoms with Crippen LogP contribution in [0.2, 0.25) is 0 Å². The van der Waals surface area contributed by atoms with Crippen molar-refractivity contribution in [1.82, 2.24) is 0 Å². The molecule has 0 spiro atoms. The van der Waals surface area contributed by atoms with Crippen molar-refractivity contribution < 1.29 is 9.53 Å². The van der Waals surface area contributed by atoms with Crippen LogP contribution in [0.25, 0.3) is 0 Å². The predicted molar refractivity (Wildman–Crippen MR) is 68.3 cm³/mol. The molecule has 18 heavy (non-hydrogen) atoms. The van der Waals surface area contributed by atoms with Crippen molar-refractivity contribution in [2.75, 3.05) is 0 Å². The summed E-state index contributed by atoms with van der Waals surface area (Å²) in [4.78, 5) is 11.7. The molecule has 2 saturated carbocycles. The molecule has 6 atom stereocenters. The van der Waals surface area contributed by atoms with Gasteiger partial charge >= 0.3 is 5.97 Å². The summed E-state index contributed by atoms with van der Waals surface area (Å²) in [5, 5.41) is 0. The predicted octanol–water partition coefficient (Wildman–Crippen LogP) is 3.08. The molecule has 0 amide bonds. The molecular weight excluding hydrogens is 224 g/mol. The lowest BCUT2D eigenvalue weighted by Crippen LogP contribution is -2.27. The second-order valence-corrected chi connectivity index (χ2v) is 6.35. The highest BCUT2D eigenvalue weighted by molar-refractivity contribution is 5.87. The highest BCUT2D eigenvalue weighted by Gasteiger charge is 2.59. The third-order valence-corrected chi connectivity index (χ3v) is 5.37. The van der Waals surface area contributed by atoms with E-state index in [9.17, 15) is 4.79 Å². The van der Waals surface area contributed by atoms with E-state index >= 15 is 0 Å². The Hall–Kier alpha value is -1.31. The number of hydrogen-bond donors (Lipinski definition) is 0. The maximum absolute atomic E-state index is 11.7. The van der Waals surface area contributed by atoms with E-state index in [-0.39, 0.29) is 5.97 Å². The average Bonchev–Trinajstić information content (AvgIpc) is 3.06. The Morgan fingerprint density at radius 2 is 1.94 bits per heavy atom. The van der Waals surface area contributed by atoms with Crippen LogP contribution in [-0.2, 0) is 9.53 Å². The van der Waals surface area contributed by atoms with Crippen LogP contribution in [0.3, 0.4) is 0 Å². The summed E-state index contributed by atoms with van der Waals surface area (Å²) in [5.74, 6) is 4.92. The second-order valence-electron chi connectivity index (χ2n) is 6.35. The minimum atomic E-state index is -0.260. The SMILES string of the molecule is C=C(C)C(=O)OC1=CC2CC1C1C3C=CC(C3)C21. The molecule has 94 valence electrons. The highest BCUT2D eigenvalue weighted by Crippen LogP contribution is 2.64. The first-order valence-corrected chi connectivity index (χ1v) is 6.93. The average molecular weight is 242 g/mol. The Kier molecular flexibility index (Phi) is 1.98. The molecule has 4 aliphatic carbocycles. The van der Waals surface area contributed by atoms with Gasteiger partial charge in [-0.05, 0) is 55.4 Å². The van der Waals surface area contributed by atoms with Crippen LogP contribution < -0.4 is 0 Å². The minimum Gasteiger partial charge on any atom is -0.428 e. The molecule has 2 nitrogen and oxygen atoms in total. The van der Waals surface area contributed by atoms with Crippen LogP contribution >= 0.6 is 0 Å². The lowest BCUT2D eigenvalue weighted by atomic mass is 9.76. The van der Waals surface area contributed by atoms with E-state index in [0.29, 0.717) is 17.4 Å². The van der Waals surface area contributed by atoms with Crippen molar-refractivity contribution in [1.29, 1.82) is 0 Å². The van der Waals surface area contributed by atoms with Gasteiger partial charge in [0.1, 0.15) is 5.76 Å². The maximum atomic E-state index is 11.7. The highest BCUT2D eigenvalue weighted by atomic mass is 16.5. The first-order chi connectivity index (χ1) is 8.65. The Morgan fingerprint density at radius 3 is 2.67 bits per heavy atom. The van der Waals surface area contributed by atoms with Crippen LogP contribution in [0.1, 0.15) is 19.8 Å². The van der Waals surface area contributed by atoms with Gasteiger partial charge in [-0.3, -0.25) is 0 Å². The number of carbonyl (C=O) groups is 1. The fraction of sp³-hybridized carbons (Fsp3) is 0.562. The number of allylic oxidation sites excluding steroid dienone is 4. The molecule has 0 radical (unpaired) electrons. The zero-order valence-corrected chi connectivity index (χ0v) is 10.6. The molecule has 2 fully saturated rings. The first-order valence-electron chi connectivity index (χ1n) is 6.93. The Labute approximate surface area is 107 Å². The van der Waals surface area contributed by atoms with Gasteiger partial charge in [0, 0.05) is 11.5 Å². The fourth-order valence-electron chi connectivity index (χ4n) is 4.80. The van der Waals surface area contributed by atoms with Gasteiger partial charge in [0.2, 0.25) is 0 Å². The molecular formula is C16H18O2. The summed E-state index contributed by atoms with van der Waals surface area (Å²) in [6.45, 7) is 5.36. The molecule has 0 aromatic rings. The molecule has 0 aliphatic heterocycles. The fourth-order valence-corrected chi connectivity index (χ4v) is 4.80. The summed E-state index contributed by atoms with van der Waals surface area (Å²) >= 11 is 0. The number of ether oxygens (including phenoxy) is 1. The smallest absolute Gasteiger partial charge is 0.338 e. The van der Waals surface area contributed by atoms with E-state index in [2.05, 4.69) is 24.8 Å². The van der Waals surface area contributed by atoms with Crippen molar-refractivity contribution in [2.24, 2.45) is 35.5 Å². The molecule has 6 unspecified atom stereocenters. The van der Waals surface area contributed by atoms with Crippen LogP contribution in [0, 0.1) is 35.5 Å². The molecule has 0 aromatic carbocycles. The van der Waals surface area contributed by atoms with E-state index in [1.807, 2.05) is 0 Å². The second kappa shape index (κ2) is 3.37.